The van der Waals surface area contributed by atoms with E-state index in [0.717, 1.165) is 25.7 Å². The summed E-state index contributed by atoms with van der Waals surface area (Å²) in [5.41, 5.74) is 6.33. The van der Waals surface area contributed by atoms with Crippen molar-refractivity contribution in [2.75, 3.05) is 6.54 Å². The van der Waals surface area contributed by atoms with Crippen LogP contribution in [0.3, 0.4) is 0 Å². The molecule has 2 fully saturated rings. The van der Waals surface area contributed by atoms with Crippen LogP contribution in [0.2, 0.25) is 0 Å². The molecule has 3 N–H and O–H groups in total. The van der Waals surface area contributed by atoms with Gasteiger partial charge in [-0.2, -0.15) is 0 Å². The molecule has 2 saturated carbocycles. The van der Waals surface area contributed by atoms with Crippen molar-refractivity contribution in [1.82, 2.24) is 5.32 Å². The highest BCUT2D eigenvalue weighted by molar-refractivity contribution is 5.77. The van der Waals surface area contributed by atoms with Crippen molar-refractivity contribution in [3.05, 3.63) is 0 Å². The summed E-state index contributed by atoms with van der Waals surface area (Å²) in [6, 6.07) is 0.396. The van der Waals surface area contributed by atoms with Crippen molar-refractivity contribution >= 4 is 5.91 Å². The normalized spacial score (nSPS) is 29.7. The monoisotopic (exact) mass is 238 g/mol. The molecule has 0 aromatic rings. The molecule has 2 rings (SSSR count). The maximum atomic E-state index is 12.0. The first kappa shape index (κ1) is 12.9. The van der Waals surface area contributed by atoms with Gasteiger partial charge in [0, 0.05) is 12.5 Å². The van der Waals surface area contributed by atoms with Gasteiger partial charge in [0.05, 0.1) is 0 Å². The Bertz CT molecular complexity index is 289. The van der Waals surface area contributed by atoms with Crippen molar-refractivity contribution in [3.63, 3.8) is 0 Å². The molecule has 1 atom stereocenters. The van der Waals surface area contributed by atoms with E-state index in [9.17, 15) is 4.79 Å². The van der Waals surface area contributed by atoms with E-state index in [4.69, 9.17) is 5.73 Å². The zero-order valence-electron chi connectivity index (χ0n) is 11.2. The van der Waals surface area contributed by atoms with Crippen molar-refractivity contribution < 1.29 is 4.79 Å². The topological polar surface area (TPSA) is 55.1 Å². The van der Waals surface area contributed by atoms with Gasteiger partial charge < -0.3 is 11.1 Å². The molecule has 1 amide bonds. The predicted molar refractivity (Wildman–Crippen MR) is 69.5 cm³/mol. The number of hydrogen-bond donors (Lipinski definition) is 2. The molecule has 0 radical (unpaired) electrons. The fraction of sp³-hybridized carbons (Fsp3) is 0.929. The van der Waals surface area contributed by atoms with Gasteiger partial charge in [0.15, 0.2) is 0 Å². The lowest BCUT2D eigenvalue weighted by Crippen LogP contribution is -2.43. The molecule has 98 valence electrons. The lowest BCUT2D eigenvalue weighted by atomic mass is 9.66. The number of amides is 1. The van der Waals surface area contributed by atoms with Gasteiger partial charge in [0.2, 0.25) is 5.91 Å². The van der Waals surface area contributed by atoms with Gasteiger partial charge in [-0.15, -0.1) is 0 Å². The standard InChI is InChI=1S/C14H26N2O/c1-13(2)7-4-11(8-13)16-12(17)9-14(10-15)5-3-6-14/h11H,3-10,15H2,1-2H3,(H,16,17). The zero-order valence-corrected chi connectivity index (χ0v) is 11.2. The number of carbonyl (C=O) groups is 1. The van der Waals surface area contributed by atoms with Crippen LogP contribution in [-0.4, -0.2) is 18.5 Å². The quantitative estimate of drug-likeness (QED) is 0.789. The van der Waals surface area contributed by atoms with E-state index in [1.165, 1.54) is 12.8 Å². The summed E-state index contributed by atoms with van der Waals surface area (Å²) >= 11 is 0. The van der Waals surface area contributed by atoms with E-state index in [1.54, 1.807) is 0 Å². The van der Waals surface area contributed by atoms with Crippen LogP contribution in [-0.2, 0) is 4.79 Å². The van der Waals surface area contributed by atoms with Gasteiger partial charge in [-0.05, 0) is 49.5 Å². The minimum Gasteiger partial charge on any atom is -0.353 e. The lowest BCUT2D eigenvalue weighted by Gasteiger charge is -2.40. The highest BCUT2D eigenvalue weighted by atomic mass is 16.1. The summed E-state index contributed by atoms with van der Waals surface area (Å²) in [6.07, 6.45) is 7.62. The Morgan fingerprint density at radius 3 is 2.47 bits per heavy atom. The number of nitrogens with two attached hydrogens (primary N) is 1. The largest absolute Gasteiger partial charge is 0.353 e. The van der Waals surface area contributed by atoms with Crippen LogP contribution in [0.5, 0.6) is 0 Å². The molecular weight excluding hydrogens is 212 g/mol. The third-order valence-electron chi connectivity index (χ3n) is 4.72. The second-order valence-corrected chi connectivity index (χ2v) is 6.91. The van der Waals surface area contributed by atoms with Crippen LogP contribution in [0.15, 0.2) is 0 Å². The summed E-state index contributed by atoms with van der Waals surface area (Å²) in [6.45, 7) is 5.23. The maximum absolute atomic E-state index is 12.0. The Morgan fingerprint density at radius 1 is 1.35 bits per heavy atom. The molecule has 3 heteroatoms. The third-order valence-corrected chi connectivity index (χ3v) is 4.72. The summed E-state index contributed by atoms with van der Waals surface area (Å²) < 4.78 is 0. The Balaban J connectivity index is 1.78. The minimum atomic E-state index is 0.137. The van der Waals surface area contributed by atoms with Gasteiger partial charge in [0.25, 0.3) is 0 Å². The Morgan fingerprint density at radius 2 is 2.06 bits per heavy atom. The number of hydrogen-bond acceptors (Lipinski definition) is 2. The SMILES string of the molecule is CC1(C)CCC(NC(=O)CC2(CN)CCC2)C1. The maximum Gasteiger partial charge on any atom is 0.220 e. The average Bonchev–Trinajstić information content (AvgIpc) is 2.52. The van der Waals surface area contributed by atoms with Crippen LogP contribution >= 0.6 is 0 Å². The van der Waals surface area contributed by atoms with Crippen LogP contribution in [0.1, 0.15) is 58.8 Å². The van der Waals surface area contributed by atoms with E-state index in [1.807, 2.05) is 0 Å². The lowest BCUT2D eigenvalue weighted by molar-refractivity contribution is -0.125. The minimum absolute atomic E-state index is 0.137. The van der Waals surface area contributed by atoms with Crippen molar-refractivity contribution in [2.24, 2.45) is 16.6 Å². The van der Waals surface area contributed by atoms with E-state index < -0.39 is 0 Å². The third kappa shape index (κ3) is 3.01. The Kier molecular flexibility index (Phi) is 3.48. The van der Waals surface area contributed by atoms with E-state index in [2.05, 4.69) is 19.2 Å². The molecule has 1 unspecified atom stereocenters. The Hall–Kier alpha value is -0.570. The zero-order chi connectivity index (χ0) is 12.5. The van der Waals surface area contributed by atoms with Crippen molar-refractivity contribution in [3.8, 4) is 0 Å². The second kappa shape index (κ2) is 4.60. The van der Waals surface area contributed by atoms with Crippen LogP contribution < -0.4 is 11.1 Å². The van der Waals surface area contributed by atoms with E-state index >= 15 is 0 Å². The number of rotatable bonds is 4. The molecular formula is C14H26N2O. The van der Waals surface area contributed by atoms with Crippen LogP contribution in [0, 0.1) is 10.8 Å². The highest BCUT2D eigenvalue weighted by Gasteiger charge is 2.38. The van der Waals surface area contributed by atoms with E-state index in [0.29, 0.717) is 24.4 Å². The molecule has 0 saturated heterocycles. The van der Waals surface area contributed by atoms with Crippen molar-refractivity contribution in [2.45, 2.75) is 64.8 Å². The van der Waals surface area contributed by atoms with Gasteiger partial charge in [-0.1, -0.05) is 20.3 Å². The molecule has 0 aromatic heterocycles. The molecule has 0 aromatic carbocycles. The fourth-order valence-electron chi connectivity index (χ4n) is 3.31. The fourth-order valence-corrected chi connectivity index (χ4v) is 3.31. The first-order valence-corrected chi connectivity index (χ1v) is 6.94. The first-order chi connectivity index (χ1) is 7.95. The van der Waals surface area contributed by atoms with Gasteiger partial charge in [0.1, 0.15) is 0 Å². The molecule has 17 heavy (non-hydrogen) atoms. The van der Waals surface area contributed by atoms with Gasteiger partial charge in [-0.3, -0.25) is 4.79 Å². The van der Waals surface area contributed by atoms with Gasteiger partial charge in [-0.25, -0.2) is 0 Å². The smallest absolute Gasteiger partial charge is 0.220 e. The van der Waals surface area contributed by atoms with E-state index in [-0.39, 0.29) is 11.3 Å². The summed E-state index contributed by atoms with van der Waals surface area (Å²) in [5.74, 6) is 0.220. The van der Waals surface area contributed by atoms with Gasteiger partial charge >= 0.3 is 0 Å². The molecule has 2 aliphatic rings. The number of nitrogens with one attached hydrogen (secondary N) is 1. The average molecular weight is 238 g/mol. The van der Waals surface area contributed by atoms with Crippen molar-refractivity contribution in [1.29, 1.82) is 0 Å². The molecule has 0 bridgehead atoms. The molecule has 0 spiro atoms. The van der Waals surface area contributed by atoms with Crippen LogP contribution in [0.4, 0.5) is 0 Å². The Labute approximate surface area is 105 Å². The molecule has 0 aliphatic heterocycles. The summed E-state index contributed by atoms with van der Waals surface area (Å²) in [5, 5.41) is 3.20. The summed E-state index contributed by atoms with van der Waals surface area (Å²) in [4.78, 5) is 12.0. The molecule has 2 aliphatic carbocycles. The molecule has 3 nitrogen and oxygen atoms in total. The highest BCUT2D eigenvalue weighted by Crippen LogP contribution is 2.43. The van der Waals surface area contributed by atoms with Crippen LogP contribution in [0.25, 0.3) is 0 Å². The predicted octanol–water partition coefficient (Wildman–Crippen LogP) is 2.20. The molecule has 0 heterocycles. The summed E-state index contributed by atoms with van der Waals surface area (Å²) in [7, 11) is 0. The number of carbonyl (C=O) groups excluding carboxylic acids is 1. The second-order valence-electron chi connectivity index (χ2n) is 6.91. The first-order valence-electron chi connectivity index (χ1n) is 6.94.